The Morgan fingerprint density at radius 1 is 0.523 bits per heavy atom. The van der Waals surface area contributed by atoms with Crippen LogP contribution in [0.5, 0.6) is 0 Å². The molecule has 0 saturated carbocycles. The zero-order valence-corrected chi connectivity index (χ0v) is 25.1. The molecule has 3 N–H and O–H groups in total. The van der Waals surface area contributed by atoms with Crippen LogP contribution < -0.4 is 5.32 Å². The van der Waals surface area contributed by atoms with Gasteiger partial charge in [-0.25, -0.2) is 0 Å². The number of rotatable bonds is 1. The molecule has 204 valence electrons. The molecule has 4 heteroatoms. The van der Waals surface area contributed by atoms with Crippen LogP contribution in [0.4, 0.5) is 11.4 Å². The van der Waals surface area contributed by atoms with E-state index in [1.54, 1.807) is 0 Å². The maximum Gasteiger partial charge on any atom is 0.150 e. The van der Waals surface area contributed by atoms with Gasteiger partial charge in [0.1, 0.15) is 5.69 Å². The van der Waals surface area contributed by atoms with Crippen LogP contribution in [0.25, 0.3) is 95.9 Å². The maximum absolute atomic E-state index is 3.76. The van der Waals surface area contributed by atoms with Crippen molar-refractivity contribution in [3.8, 4) is 21.6 Å². The molecule has 10 aromatic rings. The third-order valence-corrected chi connectivity index (χ3v) is 11.7. The van der Waals surface area contributed by atoms with Crippen molar-refractivity contribution in [3.63, 3.8) is 0 Å². The second-order valence-electron chi connectivity index (χ2n) is 12.1. The summed E-state index contributed by atoms with van der Waals surface area (Å²) < 4.78 is 2.70. The first-order valence-electron chi connectivity index (χ1n) is 15.0. The van der Waals surface area contributed by atoms with E-state index in [0.29, 0.717) is 0 Å². The van der Waals surface area contributed by atoms with E-state index in [0.717, 1.165) is 0 Å². The molecule has 0 bridgehead atoms. The van der Waals surface area contributed by atoms with Gasteiger partial charge in [-0.1, -0.05) is 48.5 Å². The van der Waals surface area contributed by atoms with E-state index in [1.807, 2.05) is 22.7 Å². The first kappa shape index (κ1) is 23.5. The van der Waals surface area contributed by atoms with E-state index in [1.165, 1.54) is 107 Å². The lowest BCUT2D eigenvalue weighted by Crippen LogP contribution is -2.69. The van der Waals surface area contributed by atoms with Gasteiger partial charge in [0, 0.05) is 53.0 Å². The van der Waals surface area contributed by atoms with Crippen LogP contribution in [-0.2, 0) is 0 Å². The van der Waals surface area contributed by atoms with Crippen LogP contribution in [0.1, 0.15) is 0 Å². The molecule has 11 rings (SSSR count). The lowest BCUT2D eigenvalue weighted by molar-refractivity contribution is -0.471. The van der Waals surface area contributed by atoms with Crippen LogP contribution in [0, 0.1) is 0 Å². The number of nitrogens with one attached hydrogen (secondary N) is 1. The van der Waals surface area contributed by atoms with Gasteiger partial charge < -0.3 is 4.98 Å². The molecule has 1 aliphatic heterocycles. The van der Waals surface area contributed by atoms with Gasteiger partial charge >= 0.3 is 0 Å². The van der Waals surface area contributed by atoms with E-state index in [9.17, 15) is 0 Å². The second kappa shape index (κ2) is 8.34. The number of thiophene rings is 2. The number of benzene rings is 7. The van der Waals surface area contributed by atoms with Gasteiger partial charge in [0.2, 0.25) is 0 Å². The number of nitrogens with two attached hydrogens (primary N) is 1. The van der Waals surface area contributed by atoms with Crippen molar-refractivity contribution in [2.24, 2.45) is 0 Å². The molecule has 1 aliphatic rings. The molecule has 0 atom stereocenters. The zero-order chi connectivity index (χ0) is 28.5. The lowest BCUT2D eigenvalue weighted by atomic mass is 9.98. The number of hydrogen-bond donors (Lipinski definition) is 2. The highest BCUT2D eigenvalue weighted by Gasteiger charge is 2.27. The van der Waals surface area contributed by atoms with E-state index >= 15 is 0 Å². The van der Waals surface area contributed by atoms with Crippen molar-refractivity contribution < 1.29 is 5.32 Å². The molecule has 0 fully saturated rings. The standard InChI is InChI=1S/C40H22N2S2/c1-2-4-28-21(3-1)5-9-30-32-19-35-33(20-34(32)41-39(28)30)31-10-6-22-13-23(7-8-29(22)40(31)42-35)37-18-27-15-26-16-36-24(11-12-43-36)14-25(26)17-38(27)44-37/h1-20,41-42H/p+1. The molecule has 3 aromatic heterocycles. The number of hydrogen-bond acceptors (Lipinski definition) is 2. The van der Waals surface area contributed by atoms with Crippen molar-refractivity contribution in [1.29, 1.82) is 0 Å². The second-order valence-corrected chi connectivity index (χ2v) is 14.1. The van der Waals surface area contributed by atoms with Gasteiger partial charge in [-0.3, -0.25) is 5.32 Å². The van der Waals surface area contributed by atoms with E-state index < -0.39 is 0 Å². The Bertz CT molecular complexity index is 2800. The summed E-state index contributed by atoms with van der Waals surface area (Å²) >= 11 is 3.71. The van der Waals surface area contributed by atoms with Crippen LogP contribution in [-0.4, -0.2) is 4.98 Å². The summed E-state index contributed by atoms with van der Waals surface area (Å²) in [6, 6.07) is 43.5. The lowest BCUT2D eigenvalue weighted by Gasteiger charge is -2.05. The van der Waals surface area contributed by atoms with Crippen molar-refractivity contribution in [2.45, 2.75) is 0 Å². The highest BCUT2D eigenvalue weighted by molar-refractivity contribution is 7.22. The number of aromatic amines is 1. The maximum atomic E-state index is 3.76. The highest BCUT2D eigenvalue weighted by Crippen LogP contribution is 2.45. The van der Waals surface area contributed by atoms with Crippen LogP contribution in [0.2, 0.25) is 0 Å². The van der Waals surface area contributed by atoms with Gasteiger partial charge in [0.15, 0.2) is 5.69 Å². The molecule has 0 radical (unpaired) electrons. The minimum atomic E-state index is 1.20. The van der Waals surface area contributed by atoms with Crippen molar-refractivity contribution in [2.75, 3.05) is 0 Å². The summed E-state index contributed by atoms with van der Waals surface area (Å²) in [5.41, 5.74) is 8.96. The fourth-order valence-electron chi connectivity index (χ4n) is 7.50. The monoisotopic (exact) mass is 595 g/mol. The van der Waals surface area contributed by atoms with Gasteiger partial charge in [0.25, 0.3) is 0 Å². The SMILES string of the molecule is c1ccc2c(c1)ccc1c3cc4c(cc3[nH]c21)-c1ccc2cc(-c3cc5cc6cc7sccc7cc6cc5s3)ccc2c1[NH2+]4. The summed E-state index contributed by atoms with van der Waals surface area (Å²) in [4.78, 5) is 5.08. The first-order chi connectivity index (χ1) is 21.7. The van der Waals surface area contributed by atoms with E-state index in [2.05, 4.69) is 131 Å². The summed E-state index contributed by atoms with van der Waals surface area (Å²) in [5, 5.41) is 17.6. The van der Waals surface area contributed by atoms with Gasteiger partial charge in [-0.15, -0.1) is 22.7 Å². The summed E-state index contributed by atoms with van der Waals surface area (Å²) in [5.74, 6) is 0. The molecule has 0 saturated heterocycles. The molecule has 2 nitrogen and oxygen atoms in total. The van der Waals surface area contributed by atoms with E-state index in [-0.39, 0.29) is 0 Å². The summed E-state index contributed by atoms with van der Waals surface area (Å²) in [6.07, 6.45) is 0. The minimum Gasteiger partial charge on any atom is -0.354 e. The minimum absolute atomic E-state index is 1.20. The zero-order valence-electron chi connectivity index (χ0n) is 23.4. The Morgan fingerprint density at radius 3 is 2.36 bits per heavy atom. The Balaban J connectivity index is 1.02. The molecular formula is C40H23N2S2+. The van der Waals surface area contributed by atoms with Crippen molar-refractivity contribution >= 4 is 108 Å². The highest BCUT2D eigenvalue weighted by atomic mass is 32.1. The third kappa shape index (κ3) is 3.17. The Labute approximate surface area is 259 Å². The van der Waals surface area contributed by atoms with Gasteiger partial charge in [-0.2, -0.15) is 0 Å². The van der Waals surface area contributed by atoms with E-state index in [4.69, 9.17) is 0 Å². The number of H-pyrrole nitrogens is 1. The van der Waals surface area contributed by atoms with Crippen LogP contribution in [0.3, 0.4) is 0 Å². The quantitative estimate of drug-likeness (QED) is 0.177. The largest absolute Gasteiger partial charge is 0.354 e. The van der Waals surface area contributed by atoms with Crippen LogP contribution >= 0.6 is 22.7 Å². The van der Waals surface area contributed by atoms with Crippen LogP contribution in [0.15, 0.2) is 121 Å². The molecule has 0 aliphatic carbocycles. The normalized spacial score (nSPS) is 12.9. The molecule has 44 heavy (non-hydrogen) atoms. The fraction of sp³-hybridized carbons (Fsp3) is 0. The average molecular weight is 596 g/mol. The Morgan fingerprint density at radius 2 is 1.39 bits per heavy atom. The first-order valence-corrected chi connectivity index (χ1v) is 16.7. The average Bonchev–Trinajstić information content (AvgIpc) is 3.84. The van der Waals surface area contributed by atoms with Gasteiger partial charge in [0.05, 0.1) is 11.1 Å². The summed E-state index contributed by atoms with van der Waals surface area (Å²) in [7, 11) is 0. The smallest absolute Gasteiger partial charge is 0.150 e. The molecular weight excluding hydrogens is 573 g/mol. The molecule has 4 heterocycles. The van der Waals surface area contributed by atoms with Gasteiger partial charge in [-0.05, 0) is 104 Å². The number of aromatic nitrogens is 1. The molecule has 0 spiro atoms. The molecule has 7 aromatic carbocycles. The number of fused-ring (bicyclic) bond motifs is 13. The molecule has 0 unspecified atom stereocenters. The predicted octanol–water partition coefficient (Wildman–Crippen LogP) is 11.4. The molecule has 0 amide bonds. The number of quaternary nitrogens is 1. The summed E-state index contributed by atoms with van der Waals surface area (Å²) in [6.45, 7) is 0. The Hall–Kier alpha value is -5.00. The van der Waals surface area contributed by atoms with Crippen molar-refractivity contribution in [3.05, 3.63) is 121 Å². The van der Waals surface area contributed by atoms with Crippen molar-refractivity contribution in [1.82, 2.24) is 4.98 Å². The predicted molar refractivity (Wildman–Crippen MR) is 191 cm³/mol. The topological polar surface area (TPSA) is 32.4 Å². The fourth-order valence-corrected chi connectivity index (χ4v) is 9.41. The Kier molecular flexibility index (Phi) is 4.44. The third-order valence-electron chi connectivity index (χ3n) is 9.65.